The molecular formula is C17H25ClN4O. The summed E-state index contributed by atoms with van der Waals surface area (Å²) < 4.78 is 1.79. The molecule has 0 saturated carbocycles. The minimum atomic E-state index is 0. The van der Waals surface area contributed by atoms with Crippen molar-refractivity contribution in [3.63, 3.8) is 0 Å². The van der Waals surface area contributed by atoms with E-state index in [-0.39, 0.29) is 24.4 Å². The van der Waals surface area contributed by atoms with Crippen LogP contribution in [0.15, 0.2) is 42.7 Å². The number of rotatable bonds is 7. The third-order valence-electron chi connectivity index (χ3n) is 3.48. The lowest BCUT2D eigenvalue weighted by molar-refractivity contribution is -0.121. The summed E-state index contributed by atoms with van der Waals surface area (Å²) in [6.45, 7) is 4.73. The predicted octanol–water partition coefficient (Wildman–Crippen LogP) is 2.33. The highest BCUT2D eigenvalue weighted by atomic mass is 35.5. The second-order valence-corrected chi connectivity index (χ2v) is 5.92. The second kappa shape index (κ2) is 9.33. The van der Waals surface area contributed by atoms with Gasteiger partial charge in [0.25, 0.3) is 0 Å². The first-order chi connectivity index (χ1) is 10.6. The molecule has 1 aromatic heterocycles. The van der Waals surface area contributed by atoms with Crippen molar-refractivity contribution < 1.29 is 4.79 Å². The maximum atomic E-state index is 12.1. The molecule has 2 aromatic rings. The average Bonchev–Trinajstić information content (AvgIpc) is 3.01. The van der Waals surface area contributed by atoms with E-state index < -0.39 is 0 Å². The number of carbonyl (C=O) groups excluding carboxylic acids is 1. The van der Waals surface area contributed by atoms with Gasteiger partial charge in [0, 0.05) is 25.0 Å². The van der Waals surface area contributed by atoms with Gasteiger partial charge in [-0.05, 0) is 36.1 Å². The number of aromatic nitrogens is 2. The molecule has 2 rings (SSSR count). The molecule has 1 unspecified atom stereocenters. The van der Waals surface area contributed by atoms with Gasteiger partial charge in [0.2, 0.25) is 5.91 Å². The lowest BCUT2D eigenvalue weighted by Gasteiger charge is -2.18. The monoisotopic (exact) mass is 336 g/mol. The highest BCUT2D eigenvalue weighted by Gasteiger charge is 2.12. The van der Waals surface area contributed by atoms with Crippen molar-refractivity contribution in [2.45, 2.75) is 32.7 Å². The van der Waals surface area contributed by atoms with Crippen LogP contribution >= 0.6 is 12.4 Å². The molecule has 0 bridgehead atoms. The first-order valence-corrected chi connectivity index (χ1v) is 7.67. The Morgan fingerprint density at radius 2 is 2.00 bits per heavy atom. The highest BCUT2D eigenvalue weighted by Crippen LogP contribution is 2.10. The van der Waals surface area contributed by atoms with E-state index in [1.54, 1.807) is 10.9 Å². The number of amides is 1. The van der Waals surface area contributed by atoms with Crippen LogP contribution in [0.5, 0.6) is 0 Å². The standard InChI is InChI=1S/C17H24N4O.ClH/c1-13(2)10-15(12-18)20-17(22)11-14-4-6-16(7-5-14)21-9-3-8-19-21;/h3-9,13,15H,10-12,18H2,1-2H3,(H,20,22);1H. The molecule has 0 aliphatic carbocycles. The molecule has 6 heteroatoms. The van der Waals surface area contributed by atoms with Crippen LogP contribution in [0.4, 0.5) is 0 Å². The van der Waals surface area contributed by atoms with Crippen molar-refractivity contribution in [1.29, 1.82) is 0 Å². The Balaban J connectivity index is 0.00000264. The summed E-state index contributed by atoms with van der Waals surface area (Å²) in [7, 11) is 0. The average molecular weight is 337 g/mol. The summed E-state index contributed by atoms with van der Waals surface area (Å²) in [4.78, 5) is 12.1. The zero-order valence-corrected chi connectivity index (χ0v) is 14.4. The van der Waals surface area contributed by atoms with E-state index >= 15 is 0 Å². The van der Waals surface area contributed by atoms with Crippen molar-refractivity contribution in [2.24, 2.45) is 11.7 Å². The smallest absolute Gasteiger partial charge is 0.224 e. The highest BCUT2D eigenvalue weighted by molar-refractivity contribution is 5.85. The van der Waals surface area contributed by atoms with Crippen LogP contribution in [0.3, 0.4) is 0 Å². The second-order valence-electron chi connectivity index (χ2n) is 5.92. The maximum Gasteiger partial charge on any atom is 0.224 e. The van der Waals surface area contributed by atoms with Crippen molar-refractivity contribution in [2.75, 3.05) is 6.54 Å². The molecule has 1 atom stereocenters. The number of nitrogens with zero attached hydrogens (tertiary/aromatic N) is 2. The van der Waals surface area contributed by atoms with Gasteiger partial charge in [-0.25, -0.2) is 4.68 Å². The molecule has 1 aromatic carbocycles. The zero-order chi connectivity index (χ0) is 15.9. The predicted molar refractivity (Wildman–Crippen MR) is 95.0 cm³/mol. The Morgan fingerprint density at radius 1 is 1.30 bits per heavy atom. The minimum absolute atomic E-state index is 0. The third-order valence-corrected chi connectivity index (χ3v) is 3.48. The normalized spacial score (nSPS) is 11.8. The number of nitrogens with one attached hydrogen (secondary N) is 1. The summed E-state index contributed by atoms with van der Waals surface area (Å²) in [6.07, 6.45) is 4.90. The molecule has 0 fully saturated rings. The minimum Gasteiger partial charge on any atom is -0.352 e. The topological polar surface area (TPSA) is 72.9 Å². The number of carbonyl (C=O) groups is 1. The molecule has 1 heterocycles. The van der Waals surface area contributed by atoms with Gasteiger partial charge in [0.05, 0.1) is 12.1 Å². The van der Waals surface area contributed by atoms with Gasteiger partial charge in [-0.3, -0.25) is 4.79 Å². The van der Waals surface area contributed by atoms with E-state index in [4.69, 9.17) is 5.73 Å². The van der Waals surface area contributed by atoms with Gasteiger partial charge in [0.1, 0.15) is 0 Å². The van der Waals surface area contributed by atoms with Crippen molar-refractivity contribution in [1.82, 2.24) is 15.1 Å². The lowest BCUT2D eigenvalue weighted by Crippen LogP contribution is -2.41. The Labute approximate surface area is 143 Å². The fourth-order valence-corrected chi connectivity index (χ4v) is 2.44. The molecule has 0 aliphatic heterocycles. The molecule has 0 aliphatic rings. The fourth-order valence-electron chi connectivity index (χ4n) is 2.44. The lowest BCUT2D eigenvalue weighted by atomic mass is 10.0. The van der Waals surface area contributed by atoms with Gasteiger partial charge in [-0.2, -0.15) is 5.10 Å². The number of halogens is 1. The molecule has 126 valence electrons. The number of nitrogens with two attached hydrogens (primary N) is 1. The molecular weight excluding hydrogens is 312 g/mol. The van der Waals surface area contributed by atoms with Gasteiger partial charge in [0.15, 0.2) is 0 Å². The van der Waals surface area contributed by atoms with E-state index in [2.05, 4.69) is 24.3 Å². The van der Waals surface area contributed by atoms with Crippen LogP contribution in [0.25, 0.3) is 5.69 Å². The quantitative estimate of drug-likeness (QED) is 0.815. The van der Waals surface area contributed by atoms with E-state index in [9.17, 15) is 4.79 Å². The third kappa shape index (κ3) is 6.04. The van der Waals surface area contributed by atoms with E-state index in [1.807, 2.05) is 36.5 Å². The van der Waals surface area contributed by atoms with Crippen LogP contribution in [0.2, 0.25) is 0 Å². The van der Waals surface area contributed by atoms with Gasteiger partial charge < -0.3 is 11.1 Å². The SMILES string of the molecule is CC(C)CC(CN)NC(=O)Cc1ccc(-n2cccn2)cc1.Cl. The first kappa shape index (κ1) is 19.2. The van der Waals surface area contributed by atoms with Crippen molar-refractivity contribution in [3.05, 3.63) is 48.3 Å². The van der Waals surface area contributed by atoms with Crippen LogP contribution < -0.4 is 11.1 Å². The Hall–Kier alpha value is -1.85. The van der Waals surface area contributed by atoms with E-state index in [0.29, 0.717) is 18.9 Å². The number of hydrogen-bond acceptors (Lipinski definition) is 3. The van der Waals surface area contributed by atoms with Crippen molar-refractivity contribution >= 4 is 18.3 Å². The van der Waals surface area contributed by atoms with Gasteiger partial charge in [-0.15, -0.1) is 12.4 Å². The van der Waals surface area contributed by atoms with Crippen LogP contribution in [0.1, 0.15) is 25.8 Å². The van der Waals surface area contributed by atoms with Gasteiger partial charge in [-0.1, -0.05) is 26.0 Å². The molecule has 0 saturated heterocycles. The van der Waals surface area contributed by atoms with Gasteiger partial charge >= 0.3 is 0 Å². The number of hydrogen-bond donors (Lipinski definition) is 2. The molecule has 0 spiro atoms. The van der Waals surface area contributed by atoms with Crippen LogP contribution in [-0.2, 0) is 11.2 Å². The molecule has 1 amide bonds. The van der Waals surface area contributed by atoms with Crippen LogP contribution in [-0.4, -0.2) is 28.3 Å². The van der Waals surface area contributed by atoms with E-state index in [1.165, 1.54) is 0 Å². The van der Waals surface area contributed by atoms with Crippen molar-refractivity contribution in [3.8, 4) is 5.69 Å². The Kier molecular flexibility index (Phi) is 7.78. The summed E-state index contributed by atoms with van der Waals surface area (Å²) in [5, 5.41) is 7.19. The summed E-state index contributed by atoms with van der Waals surface area (Å²) in [6, 6.07) is 9.76. The Morgan fingerprint density at radius 3 is 2.52 bits per heavy atom. The largest absolute Gasteiger partial charge is 0.352 e. The van der Waals surface area contributed by atoms with Crippen LogP contribution in [0, 0.1) is 5.92 Å². The molecule has 0 radical (unpaired) electrons. The Bertz CT molecular complexity index is 581. The maximum absolute atomic E-state index is 12.1. The summed E-state index contributed by atoms with van der Waals surface area (Å²) >= 11 is 0. The molecule has 5 nitrogen and oxygen atoms in total. The molecule has 3 N–H and O–H groups in total. The fraction of sp³-hybridized carbons (Fsp3) is 0.412. The summed E-state index contributed by atoms with van der Waals surface area (Å²) in [5.41, 5.74) is 7.67. The zero-order valence-electron chi connectivity index (χ0n) is 13.6. The first-order valence-electron chi connectivity index (χ1n) is 7.67. The van der Waals surface area contributed by atoms with E-state index in [0.717, 1.165) is 17.7 Å². The number of benzene rings is 1. The molecule has 23 heavy (non-hydrogen) atoms. The summed E-state index contributed by atoms with van der Waals surface area (Å²) in [5.74, 6) is 0.533.